The number of cyclic esters (lactones) is 1. The van der Waals surface area contributed by atoms with Gasteiger partial charge in [-0.15, -0.1) is 0 Å². The molecular formula is C30H24ClF10NO3. The van der Waals surface area contributed by atoms with Gasteiger partial charge in [0.2, 0.25) is 0 Å². The van der Waals surface area contributed by atoms with Crippen molar-refractivity contribution < 1.29 is 58.2 Å². The van der Waals surface area contributed by atoms with E-state index in [1.807, 2.05) is 0 Å². The van der Waals surface area contributed by atoms with Gasteiger partial charge in [-0.3, -0.25) is 4.90 Å². The Morgan fingerprint density at radius 2 is 1.40 bits per heavy atom. The van der Waals surface area contributed by atoms with E-state index in [0.29, 0.717) is 24.3 Å². The Kier molecular flexibility index (Phi) is 9.06. The Hall–Kier alpha value is -3.68. The van der Waals surface area contributed by atoms with Crippen LogP contribution in [-0.2, 0) is 29.8 Å². The first kappa shape index (κ1) is 34.2. The number of benzene rings is 3. The zero-order valence-electron chi connectivity index (χ0n) is 23.8. The van der Waals surface area contributed by atoms with Crippen molar-refractivity contribution in [3.8, 4) is 16.9 Å². The molecule has 15 heteroatoms. The average molecular weight is 672 g/mol. The van der Waals surface area contributed by atoms with Crippen LogP contribution in [-0.4, -0.2) is 24.1 Å². The molecule has 244 valence electrons. The largest absolute Gasteiger partial charge is 0.496 e. The van der Waals surface area contributed by atoms with E-state index in [9.17, 15) is 48.7 Å². The molecule has 0 unspecified atom stereocenters. The minimum absolute atomic E-state index is 0.0645. The number of hydrogen-bond acceptors (Lipinski definition) is 3. The Morgan fingerprint density at radius 1 is 0.867 bits per heavy atom. The molecule has 1 heterocycles. The molecule has 2 atom stereocenters. The molecule has 0 aliphatic carbocycles. The summed E-state index contributed by atoms with van der Waals surface area (Å²) in [5.74, 6) is -1.14. The SMILES string of the molecule is COc1cc(F)c(C(C)C)cc1-c1c(Cl)cc(C(F)(F)F)cc1CN1C(=O)O[C@H](c2cc(C(F)(F)F)cc(C(F)(F)F)c2)[C@@H]1C. The molecule has 1 saturated heterocycles. The first-order valence-corrected chi connectivity index (χ1v) is 13.5. The highest BCUT2D eigenvalue weighted by atomic mass is 35.5. The minimum Gasteiger partial charge on any atom is -0.496 e. The van der Waals surface area contributed by atoms with Gasteiger partial charge in [-0.25, -0.2) is 9.18 Å². The van der Waals surface area contributed by atoms with Crippen molar-refractivity contribution in [1.82, 2.24) is 4.90 Å². The number of nitrogens with zero attached hydrogens (tertiary/aromatic N) is 1. The lowest BCUT2D eigenvalue weighted by Crippen LogP contribution is -2.32. The van der Waals surface area contributed by atoms with Crippen LogP contribution in [0.25, 0.3) is 11.1 Å². The molecule has 45 heavy (non-hydrogen) atoms. The standard InChI is InChI=1S/C30H24ClF10NO3/c1-13(2)20-10-21(24(44-4)11-23(20)32)25-16(7-19(9-22(25)31)30(39,40)41)12-42-14(3)26(45-27(42)43)15-5-17(28(33,34)35)8-18(6-15)29(36,37)38/h5-11,13-14,26H,12H2,1-4H3/t14-,26-/m0/s1. The smallest absolute Gasteiger partial charge is 0.416 e. The van der Waals surface area contributed by atoms with Crippen molar-refractivity contribution in [3.63, 3.8) is 0 Å². The molecule has 3 aromatic carbocycles. The quantitative estimate of drug-likeness (QED) is 0.245. The summed E-state index contributed by atoms with van der Waals surface area (Å²) >= 11 is 6.38. The summed E-state index contributed by atoms with van der Waals surface area (Å²) < 4.78 is 148. The van der Waals surface area contributed by atoms with E-state index < -0.39 is 76.4 Å². The normalized spacial score (nSPS) is 17.7. The summed E-state index contributed by atoms with van der Waals surface area (Å²) in [7, 11) is 1.19. The molecule has 1 fully saturated rings. The Bertz CT molecular complexity index is 1580. The van der Waals surface area contributed by atoms with Gasteiger partial charge in [0.1, 0.15) is 17.7 Å². The molecule has 0 saturated carbocycles. The van der Waals surface area contributed by atoms with Gasteiger partial charge in [0, 0.05) is 22.2 Å². The van der Waals surface area contributed by atoms with Gasteiger partial charge in [-0.2, -0.15) is 39.5 Å². The third-order valence-corrected chi connectivity index (χ3v) is 7.68. The summed E-state index contributed by atoms with van der Waals surface area (Å²) in [4.78, 5) is 13.8. The molecule has 0 bridgehead atoms. The van der Waals surface area contributed by atoms with E-state index in [1.54, 1.807) is 13.8 Å². The molecule has 1 amide bonds. The van der Waals surface area contributed by atoms with E-state index in [4.69, 9.17) is 21.1 Å². The average Bonchev–Trinajstić information content (AvgIpc) is 3.19. The summed E-state index contributed by atoms with van der Waals surface area (Å²) in [6, 6.07) is 3.18. The third-order valence-electron chi connectivity index (χ3n) is 7.38. The highest BCUT2D eigenvalue weighted by Crippen LogP contribution is 2.46. The molecule has 1 aliphatic heterocycles. The van der Waals surface area contributed by atoms with E-state index in [2.05, 4.69) is 0 Å². The molecule has 4 nitrogen and oxygen atoms in total. The molecular weight excluding hydrogens is 648 g/mol. The number of carbonyl (C=O) groups is 1. The molecule has 0 aromatic heterocycles. The number of hydrogen-bond donors (Lipinski definition) is 0. The van der Waals surface area contributed by atoms with Crippen LogP contribution in [0.1, 0.15) is 66.2 Å². The first-order valence-electron chi connectivity index (χ1n) is 13.2. The topological polar surface area (TPSA) is 38.8 Å². The number of amides is 1. The van der Waals surface area contributed by atoms with Crippen LogP contribution in [0.4, 0.5) is 48.7 Å². The fourth-order valence-corrected chi connectivity index (χ4v) is 5.46. The fraction of sp³-hybridized carbons (Fsp3) is 0.367. The second kappa shape index (κ2) is 11.9. The number of methoxy groups -OCH3 is 1. The predicted molar refractivity (Wildman–Crippen MR) is 143 cm³/mol. The highest BCUT2D eigenvalue weighted by Gasteiger charge is 2.44. The number of ether oxygens (including phenoxy) is 2. The van der Waals surface area contributed by atoms with Gasteiger partial charge in [0.25, 0.3) is 0 Å². The summed E-state index contributed by atoms with van der Waals surface area (Å²) in [6.07, 6.45) is -18.1. The van der Waals surface area contributed by atoms with Crippen LogP contribution < -0.4 is 4.74 Å². The Balaban J connectivity index is 1.85. The number of rotatable bonds is 6. The molecule has 3 aromatic rings. The lowest BCUT2D eigenvalue weighted by atomic mass is 9.91. The summed E-state index contributed by atoms with van der Waals surface area (Å²) in [5.41, 5.74) is -5.13. The van der Waals surface area contributed by atoms with Crippen molar-refractivity contribution in [2.24, 2.45) is 0 Å². The lowest BCUT2D eigenvalue weighted by Gasteiger charge is -2.25. The van der Waals surface area contributed by atoms with E-state index in [1.165, 1.54) is 20.1 Å². The van der Waals surface area contributed by atoms with Crippen molar-refractivity contribution in [1.29, 1.82) is 0 Å². The van der Waals surface area contributed by atoms with Crippen molar-refractivity contribution in [3.05, 3.63) is 86.7 Å². The van der Waals surface area contributed by atoms with E-state index >= 15 is 0 Å². The number of carbonyl (C=O) groups excluding carboxylic acids is 1. The second-order valence-corrected chi connectivity index (χ2v) is 11.1. The van der Waals surface area contributed by atoms with Crippen LogP contribution in [0, 0.1) is 5.82 Å². The predicted octanol–water partition coefficient (Wildman–Crippen LogP) is 10.4. The third kappa shape index (κ3) is 6.95. The molecule has 1 aliphatic rings. The molecule has 0 N–H and O–H groups in total. The van der Waals surface area contributed by atoms with Crippen molar-refractivity contribution in [2.75, 3.05) is 7.11 Å². The van der Waals surface area contributed by atoms with Crippen LogP contribution in [0.15, 0.2) is 42.5 Å². The zero-order chi connectivity index (χ0) is 33.8. The zero-order valence-corrected chi connectivity index (χ0v) is 24.6. The van der Waals surface area contributed by atoms with Crippen LogP contribution in [0.2, 0.25) is 5.02 Å². The maximum Gasteiger partial charge on any atom is 0.416 e. The van der Waals surface area contributed by atoms with Gasteiger partial charge in [0.05, 0.1) is 36.4 Å². The number of alkyl halides is 9. The highest BCUT2D eigenvalue weighted by molar-refractivity contribution is 6.33. The monoisotopic (exact) mass is 671 g/mol. The van der Waals surface area contributed by atoms with Crippen LogP contribution in [0.5, 0.6) is 5.75 Å². The maximum absolute atomic E-state index is 14.8. The van der Waals surface area contributed by atoms with Crippen LogP contribution in [0.3, 0.4) is 0 Å². The molecule has 0 spiro atoms. The van der Waals surface area contributed by atoms with Gasteiger partial charge >= 0.3 is 24.6 Å². The number of halogens is 11. The summed E-state index contributed by atoms with van der Waals surface area (Å²) in [6.45, 7) is 3.93. The van der Waals surface area contributed by atoms with E-state index in [-0.39, 0.29) is 40.0 Å². The van der Waals surface area contributed by atoms with Crippen molar-refractivity contribution >= 4 is 17.7 Å². The van der Waals surface area contributed by atoms with Gasteiger partial charge in [-0.1, -0.05) is 25.4 Å². The van der Waals surface area contributed by atoms with Crippen molar-refractivity contribution in [2.45, 2.75) is 63.9 Å². The fourth-order valence-electron chi connectivity index (χ4n) is 5.12. The summed E-state index contributed by atoms with van der Waals surface area (Å²) in [5, 5.41) is -0.441. The van der Waals surface area contributed by atoms with Gasteiger partial charge in [0.15, 0.2) is 0 Å². The van der Waals surface area contributed by atoms with Crippen LogP contribution >= 0.6 is 11.6 Å². The van der Waals surface area contributed by atoms with Gasteiger partial charge in [-0.05, 0) is 65.9 Å². The lowest BCUT2D eigenvalue weighted by molar-refractivity contribution is -0.143. The first-order chi connectivity index (χ1) is 20.6. The Labute approximate surface area is 255 Å². The molecule has 0 radical (unpaired) electrons. The van der Waals surface area contributed by atoms with Gasteiger partial charge < -0.3 is 9.47 Å². The molecule has 4 rings (SSSR count). The van der Waals surface area contributed by atoms with E-state index in [0.717, 1.165) is 11.0 Å². The minimum atomic E-state index is -5.17. The Morgan fingerprint density at radius 3 is 1.89 bits per heavy atom. The second-order valence-electron chi connectivity index (χ2n) is 10.7. The maximum atomic E-state index is 14.8.